The molecular formula is C22H23N3O5S2. The van der Waals surface area contributed by atoms with Gasteiger partial charge in [0.1, 0.15) is 5.75 Å². The van der Waals surface area contributed by atoms with Crippen LogP contribution in [0.5, 0.6) is 5.75 Å². The fourth-order valence-corrected chi connectivity index (χ4v) is 4.66. The minimum Gasteiger partial charge on any atom is -0.497 e. The van der Waals surface area contributed by atoms with Crippen molar-refractivity contribution in [3.05, 3.63) is 70.6 Å². The Kier molecular flexibility index (Phi) is 7.37. The van der Waals surface area contributed by atoms with Crippen LogP contribution in [0.2, 0.25) is 0 Å². The van der Waals surface area contributed by atoms with E-state index >= 15 is 0 Å². The molecule has 0 saturated heterocycles. The second kappa shape index (κ2) is 10.0. The Bertz CT molecular complexity index is 1250. The van der Waals surface area contributed by atoms with Crippen molar-refractivity contribution in [2.75, 3.05) is 18.2 Å². The number of H-pyrrole nitrogens is 1. The van der Waals surface area contributed by atoms with Gasteiger partial charge in [-0.25, -0.2) is 13.4 Å². The highest BCUT2D eigenvalue weighted by atomic mass is 32.2. The zero-order valence-electron chi connectivity index (χ0n) is 17.8. The standard InChI is InChI=1S/C22H23N3O5S2/c1-14(2)15-4-10-18(11-5-15)32(28,29)19-12-23-22(25-21(19)27)31-13-20(26)24-16-6-8-17(30-3)9-7-16/h4-12,14H,13H2,1-3H3,(H,24,26)(H,23,25,27). The van der Waals surface area contributed by atoms with Crippen LogP contribution >= 0.6 is 11.8 Å². The van der Waals surface area contributed by atoms with Crippen molar-refractivity contribution >= 4 is 33.2 Å². The van der Waals surface area contributed by atoms with Crippen molar-refractivity contribution in [2.24, 2.45) is 0 Å². The van der Waals surface area contributed by atoms with Gasteiger partial charge < -0.3 is 15.0 Å². The molecule has 1 aromatic heterocycles. The number of nitrogens with zero attached hydrogens (tertiary/aromatic N) is 1. The van der Waals surface area contributed by atoms with E-state index < -0.39 is 20.3 Å². The van der Waals surface area contributed by atoms with Crippen LogP contribution in [-0.2, 0) is 14.6 Å². The summed E-state index contributed by atoms with van der Waals surface area (Å²) in [4.78, 5) is 30.6. The Labute approximate surface area is 190 Å². The summed E-state index contributed by atoms with van der Waals surface area (Å²) in [6.07, 6.45) is 1.02. The molecule has 0 unspecified atom stereocenters. The van der Waals surface area contributed by atoms with Crippen molar-refractivity contribution < 1.29 is 17.9 Å². The number of benzene rings is 2. The summed E-state index contributed by atoms with van der Waals surface area (Å²) in [5, 5.41) is 2.86. The molecule has 3 rings (SSSR count). The highest BCUT2D eigenvalue weighted by Gasteiger charge is 2.22. The van der Waals surface area contributed by atoms with E-state index in [9.17, 15) is 18.0 Å². The summed E-state index contributed by atoms with van der Waals surface area (Å²) in [5.74, 6) is 0.613. The number of ether oxygens (including phenoxy) is 1. The molecule has 168 valence electrons. The number of aromatic nitrogens is 2. The van der Waals surface area contributed by atoms with E-state index in [4.69, 9.17) is 4.74 Å². The van der Waals surface area contributed by atoms with Gasteiger partial charge in [0, 0.05) is 5.69 Å². The number of amides is 1. The summed E-state index contributed by atoms with van der Waals surface area (Å²) < 4.78 is 30.7. The fraction of sp³-hybridized carbons (Fsp3) is 0.227. The van der Waals surface area contributed by atoms with Crippen LogP contribution in [0.3, 0.4) is 0 Å². The van der Waals surface area contributed by atoms with Gasteiger partial charge in [-0.15, -0.1) is 0 Å². The Hall–Kier alpha value is -3.11. The van der Waals surface area contributed by atoms with Gasteiger partial charge in [-0.05, 0) is 47.9 Å². The van der Waals surface area contributed by atoms with Crippen LogP contribution in [0, 0.1) is 0 Å². The fourth-order valence-electron chi connectivity index (χ4n) is 2.80. The molecule has 2 aromatic carbocycles. The molecule has 0 radical (unpaired) electrons. The zero-order chi connectivity index (χ0) is 23.3. The highest BCUT2D eigenvalue weighted by molar-refractivity contribution is 7.99. The molecule has 32 heavy (non-hydrogen) atoms. The maximum atomic E-state index is 12.8. The largest absolute Gasteiger partial charge is 0.497 e. The molecule has 0 fully saturated rings. The van der Waals surface area contributed by atoms with E-state index in [1.165, 1.54) is 12.1 Å². The third-order valence-electron chi connectivity index (χ3n) is 4.60. The molecule has 1 heterocycles. The first-order valence-corrected chi connectivity index (χ1v) is 12.2. The van der Waals surface area contributed by atoms with E-state index in [1.54, 1.807) is 43.5 Å². The first-order valence-electron chi connectivity index (χ1n) is 9.72. The lowest BCUT2D eigenvalue weighted by Crippen LogP contribution is -2.20. The number of rotatable bonds is 8. The zero-order valence-corrected chi connectivity index (χ0v) is 19.4. The molecule has 0 aliphatic rings. The number of hydrogen-bond acceptors (Lipinski definition) is 7. The summed E-state index contributed by atoms with van der Waals surface area (Å²) in [6.45, 7) is 4.01. The molecule has 3 aromatic rings. The lowest BCUT2D eigenvalue weighted by molar-refractivity contribution is -0.113. The second-order valence-corrected chi connectivity index (χ2v) is 10.1. The first kappa shape index (κ1) is 23.6. The van der Waals surface area contributed by atoms with Crippen LogP contribution < -0.4 is 15.6 Å². The number of sulfone groups is 1. The molecule has 0 spiro atoms. The third kappa shape index (κ3) is 5.57. The van der Waals surface area contributed by atoms with Crippen molar-refractivity contribution in [3.63, 3.8) is 0 Å². The quantitative estimate of drug-likeness (QED) is 0.380. The molecule has 0 saturated carbocycles. The number of aromatic amines is 1. The van der Waals surface area contributed by atoms with Gasteiger partial charge in [0.25, 0.3) is 5.56 Å². The Morgan fingerprint density at radius 3 is 2.34 bits per heavy atom. The van der Waals surface area contributed by atoms with Crippen molar-refractivity contribution in [2.45, 2.75) is 34.7 Å². The number of hydrogen-bond donors (Lipinski definition) is 2. The van der Waals surface area contributed by atoms with Gasteiger partial charge in [0.15, 0.2) is 10.1 Å². The van der Waals surface area contributed by atoms with E-state index in [0.717, 1.165) is 23.5 Å². The maximum Gasteiger partial charge on any atom is 0.270 e. The SMILES string of the molecule is COc1ccc(NC(=O)CSc2ncc(S(=O)(=O)c3ccc(C(C)C)cc3)c(=O)[nH]2)cc1. The van der Waals surface area contributed by atoms with Gasteiger partial charge in [-0.1, -0.05) is 37.7 Å². The monoisotopic (exact) mass is 473 g/mol. The average Bonchev–Trinajstić information content (AvgIpc) is 2.78. The van der Waals surface area contributed by atoms with Gasteiger partial charge >= 0.3 is 0 Å². The summed E-state index contributed by atoms with van der Waals surface area (Å²) in [6, 6.07) is 13.3. The van der Waals surface area contributed by atoms with Crippen molar-refractivity contribution in [3.8, 4) is 5.75 Å². The molecule has 2 N–H and O–H groups in total. The maximum absolute atomic E-state index is 12.8. The number of methoxy groups -OCH3 is 1. The van der Waals surface area contributed by atoms with Crippen LogP contribution in [0.15, 0.2) is 74.5 Å². The molecule has 8 nitrogen and oxygen atoms in total. The van der Waals surface area contributed by atoms with Crippen molar-refractivity contribution in [1.29, 1.82) is 0 Å². The Morgan fingerprint density at radius 1 is 1.12 bits per heavy atom. The topological polar surface area (TPSA) is 118 Å². The second-order valence-electron chi connectivity index (χ2n) is 7.17. The van der Waals surface area contributed by atoms with Crippen molar-refractivity contribution in [1.82, 2.24) is 9.97 Å². The minimum atomic E-state index is -4.01. The first-order chi connectivity index (χ1) is 15.2. The number of carbonyl (C=O) groups excluding carboxylic acids is 1. The normalized spacial score (nSPS) is 11.4. The highest BCUT2D eigenvalue weighted by Crippen LogP contribution is 2.22. The lowest BCUT2D eigenvalue weighted by atomic mass is 10.0. The predicted molar refractivity (Wildman–Crippen MR) is 123 cm³/mol. The van der Waals surface area contributed by atoms with E-state index in [0.29, 0.717) is 11.4 Å². The Balaban J connectivity index is 1.67. The number of thioether (sulfide) groups is 1. The van der Waals surface area contributed by atoms with Crippen LogP contribution in [-0.4, -0.2) is 37.2 Å². The smallest absolute Gasteiger partial charge is 0.270 e. The molecule has 0 aliphatic heterocycles. The van der Waals surface area contributed by atoms with E-state index in [-0.39, 0.29) is 27.6 Å². The van der Waals surface area contributed by atoms with E-state index in [1.807, 2.05) is 13.8 Å². The number of carbonyl (C=O) groups is 1. The molecular weight excluding hydrogens is 450 g/mol. The number of anilines is 1. The molecule has 10 heteroatoms. The lowest BCUT2D eigenvalue weighted by Gasteiger charge is -2.08. The van der Waals surface area contributed by atoms with Crippen LogP contribution in [0.25, 0.3) is 0 Å². The van der Waals surface area contributed by atoms with Gasteiger partial charge in [-0.3, -0.25) is 9.59 Å². The minimum absolute atomic E-state index is 0.0161. The number of nitrogens with one attached hydrogen (secondary N) is 2. The van der Waals surface area contributed by atoms with Gasteiger partial charge in [-0.2, -0.15) is 0 Å². The Morgan fingerprint density at radius 2 is 1.78 bits per heavy atom. The van der Waals surface area contributed by atoms with E-state index in [2.05, 4.69) is 15.3 Å². The van der Waals surface area contributed by atoms with Crippen LogP contribution in [0.4, 0.5) is 5.69 Å². The summed E-state index contributed by atoms with van der Waals surface area (Å²) in [5.41, 5.74) is 0.810. The predicted octanol–water partition coefficient (Wildman–Crippen LogP) is 3.47. The molecule has 0 atom stereocenters. The molecule has 0 bridgehead atoms. The molecule has 1 amide bonds. The average molecular weight is 474 g/mol. The third-order valence-corrected chi connectivity index (χ3v) is 7.25. The summed E-state index contributed by atoms with van der Waals surface area (Å²) >= 11 is 0.992. The van der Waals surface area contributed by atoms with Crippen LogP contribution in [0.1, 0.15) is 25.3 Å². The van der Waals surface area contributed by atoms with Gasteiger partial charge in [0.2, 0.25) is 15.7 Å². The summed E-state index contributed by atoms with van der Waals surface area (Å²) in [7, 11) is -2.46. The molecule has 0 aliphatic carbocycles. The van der Waals surface area contributed by atoms with Gasteiger partial charge in [0.05, 0.1) is 24.0 Å².